The van der Waals surface area contributed by atoms with E-state index in [4.69, 9.17) is 4.74 Å². The quantitative estimate of drug-likeness (QED) is 0.664. The van der Waals surface area contributed by atoms with Crippen LogP contribution in [0.15, 0.2) is 35.3 Å². The molecular weight excluding hydrogens is 326 g/mol. The lowest BCUT2D eigenvalue weighted by molar-refractivity contribution is 0.0781. The first-order chi connectivity index (χ1) is 11.6. The van der Waals surface area contributed by atoms with Gasteiger partial charge in [0.1, 0.15) is 0 Å². The van der Waals surface area contributed by atoms with Gasteiger partial charge < -0.3 is 15.0 Å². The Hall–Kier alpha value is -1.60. The second-order valence-electron chi connectivity index (χ2n) is 6.31. The Morgan fingerprint density at radius 2 is 1.96 bits per heavy atom. The van der Waals surface area contributed by atoms with Gasteiger partial charge in [0.05, 0.1) is 30.8 Å². The number of anilines is 1. The van der Waals surface area contributed by atoms with E-state index in [2.05, 4.69) is 15.2 Å². The monoisotopic (exact) mass is 351 g/mol. The maximum atomic E-state index is 11.7. The van der Waals surface area contributed by atoms with Crippen LogP contribution in [-0.4, -0.2) is 63.1 Å². The molecule has 1 aromatic carbocycles. The van der Waals surface area contributed by atoms with E-state index in [1.807, 2.05) is 30.3 Å². The first kappa shape index (κ1) is 17.2. The molecule has 1 aromatic rings. The predicted molar refractivity (Wildman–Crippen MR) is 96.2 cm³/mol. The average molecular weight is 351 g/mol. The number of likely N-dealkylation sites (tertiary alicyclic amines) is 1. The summed E-state index contributed by atoms with van der Waals surface area (Å²) in [6.45, 7) is 2.59. The third kappa shape index (κ3) is 4.95. The molecule has 1 unspecified atom stereocenters. The van der Waals surface area contributed by atoms with Crippen molar-refractivity contribution >= 4 is 21.5 Å². The topological polar surface area (TPSA) is 71.0 Å². The summed E-state index contributed by atoms with van der Waals surface area (Å²) in [6.07, 6.45) is 3.22. The lowest BCUT2D eigenvalue weighted by Crippen LogP contribution is -2.41. The van der Waals surface area contributed by atoms with E-state index < -0.39 is 9.84 Å². The maximum Gasteiger partial charge on any atom is 0.198 e. The maximum absolute atomic E-state index is 11.7. The highest BCUT2D eigenvalue weighted by molar-refractivity contribution is 7.91. The Balaban J connectivity index is 1.70. The number of para-hydroxylation sites is 1. The summed E-state index contributed by atoms with van der Waals surface area (Å²) in [4.78, 5) is 6.92. The zero-order valence-corrected chi connectivity index (χ0v) is 14.7. The van der Waals surface area contributed by atoms with Crippen molar-refractivity contribution in [3.63, 3.8) is 0 Å². The number of sulfone groups is 1. The number of hydrogen-bond donors (Lipinski definition) is 1. The molecule has 0 aliphatic carbocycles. The van der Waals surface area contributed by atoms with E-state index in [1.165, 1.54) is 6.42 Å². The Bertz CT molecular complexity index is 655. The number of piperidine rings is 1. The number of aliphatic imine (C=N–C) groups is 1. The van der Waals surface area contributed by atoms with Gasteiger partial charge in [0.25, 0.3) is 0 Å². The van der Waals surface area contributed by atoms with Crippen LogP contribution in [0.25, 0.3) is 0 Å². The number of nitrogens with one attached hydrogen (secondary N) is 1. The van der Waals surface area contributed by atoms with Crippen molar-refractivity contribution in [1.82, 2.24) is 4.90 Å². The molecule has 0 aromatic heterocycles. The van der Waals surface area contributed by atoms with Crippen LogP contribution in [0.4, 0.5) is 5.69 Å². The minimum absolute atomic E-state index is 0.0646. The van der Waals surface area contributed by atoms with Gasteiger partial charge in [0, 0.05) is 18.8 Å². The molecule has 6 nitrogen and oxygen atoms in total. The SMILES string of the molecule is O=S1(=O)CCOC(CN=C(Nc2ccccc2)N2CCCCC2)C1. The fraction of sp³-hybridized carbons (Fsp3) is 0.588. The predicted octanol–water partition coefficient (Wildman–Crippen LogP) is 1.75. The summed E-state index contributed by atoms with van der Waals surface area (Å²) in [5.74, 6) is 0.997. The van der Waals surface area contributed by atoms with Gasteiger partial charge in [-0.15, -0.1) is 0 Å². The third-order valence-electron chi connectivity index (χ3n) is 4.32. The van der Waals surface area contributed by atoms with Crippen molar-refractivity contribution in [2.45, 2.75) is 25.4 Å². The van der Waals surface area contributed by atoms with Crippen LogP contribution >= 0.6 is 0 Å². The van der Waals surface area contributed by atoms with Crippen LogP contribution in [0.1, 0.15) is 19.3 Å². The number of nitrogens with zero attached hydrogens (tertiary/aromatic N) is 2. The van der Waals surface area contributed by atoms with E-state index in [0.717, 1.165) is 37.6 Å². The van der Waals surface area contributed by atoms with Gasteiger partial charge in [0.15, 0.2) is 15.8 Å². The summed E-state index contributed by atoms with van der Waals surface area (Å²) in [6, 6.07) is 9.94. The van der Waals surface area contributed by atoms with Crippen LogP contribution in [0, 0.1) is 0 Å². The highest BCUT2D eigenvalue weighted by Gasteiger charge is 2.25. The van der Waals surface area contributed by atoms with E-state index >= 15 is 0 Å². The van der Waals surface area contributed by atoms with Crippen LogP contribution in [0.2, 0.25) is 0 Å². The third-order valence-corrected chi connectivity index (χ3v) is 5.99. The average Bonchev–Trinajstić information content (AvgIpc) is 2.59. The normalized spacial score (nSPS) is 24.6. The van der Waals surface area contributed by atoms with E-state index in [-0.39, 0.29) is 24.2 Å². The summed E-state index contributed by atoms with van der Waals surface area (Å²) >= 11 is 0. The van der Waals surface area contributed by atoms with Crippen LogP contribution < -0.4 is 5.32 Å². The Kier molecular flexibility index (Phi) is 5.73. The fourth-order valence-electron chi connectivity index (χ4n) is 3.02. The first-order valence-corrected chi connectivity index (χ1v) is 10.4. The van der Waals surface area contributed by atoms with E-state index in [9.17, 15) is 8.42 Å². The molecule has 24 heavy (non-hydrogen) atoms. The molecule has 0 spiro atoms. The van der Waals surface area contributed by atoms with Gasteiger partial charge in [-0.1, -0.05) is 18.2 Å². The highest BCUT2D eigenvalue weighted by Crippen LogP contribution is 2.14. The second kappa shape index (κ2) is 7.98. The number of benzene rings is 1. The zero-order valence-electron chi connectivity index (χ0n) is 13.9. The molecule has 0 radical (unpaired) electrons. The van der Waals surface area contributed by atoms with E-state index in [1.54, 1.807) is 0 Å². The van der Waals surface area contributed by atoms with Gasteiger partial charge in [0.2, 0.25) is 0 Å². The standard InChI is InChI=1S/C17H25N3O3S/c21-24(22)12-11-23-16(14-24)13-18-17(20-9-5-2-6-10-20)19-15-7-3-1-4-8-15/h1,3-4,7-8,16H,2,5-6,9-14H2,(H,18,19). The molecule has 1 atom stereocenters. The molecule has 132 valence electrons. The Morgan fingerprint density at radius 3 is 2.67 bits per heavy atom. The smallest absolute Gasteiger partial charge is 0.198 e. The number of rotatable bonds is 3. The van der Waals surface area contributed by atoms with Crippen molar-refractivity contribution in [3.05, 3.63) is 30.3 Å². The molecule has 2 aliphatic heterocycles. The fourth-order valence-corrected chi connectivity index (χ4v) is 4.31. The Morgan fingerprint density at radius 1 is 1.21 bits per heavy atom. The first-order valence-electron chi connectivity index (χ1n) is 8.56. The minimum atomic E-state index is -2.99. The van der Waals surface area contributed by atoms with Crippen molar-refractivity contribution in [3.8, 4) is 0 Å². The van der Waals surface area contributed by atoms with Gasteiger partial charge >= 0.3 is 0 Å². The molecule has 2 aliphatic rings. The number of guanidine groups is 1. The van der Waals surface area contributed by atoms with Gasteiger partial charge in [-0.05, 0) is 31.4 Å². The molecule has 2 saturated heterocycles. The minimum Gasteiger partial charge on any atom is -0.374 e. The number of ether oxygens (including phenoxy) is 1. The van der Waals surface area contributed by atoms with Crippen LogP contribution in [0.5, 0.6) is 0 Å². The second-order valence-corrected chi connectivity index (χ2v) is 8.54. The molecule has 7 heteroatoms. The molecule has 0 amide bonds. The van der Waals surface area contributed by atoms with Crippen LogP contribution in [0.3, 0.4) is 0 Å². The largest absolute Gasteiger partial charge is 0.374 e. The Labute approximate surface area is 143 Å². The van der Waals surface area contributed by atoms with Crippen LogP contribution in [-0.2, 0) is 14.6 Å². The zero-order chi connectivity index (χ0) is 16.8. The molecule has 0 bridgehead atoms. The van der Waals surface area contributed by atoms with Gasteiger partial charge in [-0.3, -0.25) is 4.99 Å². The molecule has 3 rings (SSSR count). The molecule has 2 heterocycles. The number of hydrogen-bond acceptors (Lipinski definition) is 4. The summed E-state index contributed by atoms with van der Waals surface area (Å²) < 4.78 is 29.1. The summed E-state index contributed by atoms with van der Waals surface area (Å²) in [5, 5.41) is 3.38. The molecule has 0 saturated carbocycles. The van der Waals surface area contributed by atoms with Crippen molar-refractivity contribution in [2.75, 3.05) is 43.1 Å². The highest BCUT2D eigenvalue weighted by atomic mass is 32.2. The lowest BCUT2D eigenvalue weighted by Gasteiger charge is -2.31. The van der Waals surface area contributed by atoms with E-state index in [0.29, 0.717) is 6.54 Å². The van der Waals surface area contributed by atoms with Gasteiger partial charge in [-0.25, -0.2) is 8.42 Å². The van der Waals surface area contributed by atoms with Crippen molar-refractivity contribution in [2.24, 2.45) is 4.99 Å². The lowest BCUT2D eigenvalue weighted by atomic mass is 10.1. The summed E-state index contributed by atoms with van der Waals surface area (Å²) in [7, 11) is -2.99. The van der Waals surface area contributed by atoms with Crippen molar-refractivity contribution < 1.29 is 13.2 Å². The van der Waals surface area contributed by atoms with Gasteiger partial charge in [-0.2, -0.15) is 0 Å². The van der Waals surface area contributed by atoms with Crippen molar-refractivity contribution in [1.29, 1.82) is 0 Å². The molecule has 2 fully saturated rings. The molecular formula is C17H25N3O3S. The summed E-state index contributed by atoms with van der Waals surface area (Å²) in [5.41, 5.74) is 0.985. The molecule has 1 N–H and O–H groups in total.